The summed E-state index contributed by atoms with van der Waals surface area (Å²) in [6, 6.07) is 0.409. The number of hydrogen-bond acceptors (Lipinski definition) is 2. The number of halogens is 1. The molecule has 0 aromatic rings. The smallest absolute Gasteiger partial charge is 0.0587 e. The second-order valence-electron chi connectivity index (χ2n) is 2.95. The minimum atomic E-state index is 0.409. The van der Waals surface area contributed by atoms with Crippen LogP contribution in [0.2, 0.25) is 0 Å². The molecule has 0 aliphatic carbocycles. The van der Waals surface area contributed by atoms with Crippen LogP contribution in [0.3, 0.4) is 0 Å². The lowest BCUT2D eigenvalue weighted by molar-refractivity contribution is 0.193. The van der Waals surface area contributed by atoms with Gasteiger partial charge in [0.15, 0.2) is 0 Å². The third kappa shape index (κ3) is 5.48. The minimum Gasteiger partial charge on any atom is -0.383 e. The van der Waals surface area contributed by atoms with Crippen molar-refractivity contribution in [3.63, 3.8) is 0 Å². The molecule has 0 bridgehead atoms. The summed E-state index contributed by atoms with van der Waals surface area (Å²) in [5.74, 6) is 1.26. The molecule has 0 heterocycles. The van der Waals surface area contributed by atoms with E-state index in [2.05, 4.69) is 19.2 Å². The maximum atomic E-state index is 5.74. The summed E-state index contributed by atoms with van der Waals surface area (Å²) in [6.07, 6.45) is 0. The van der Waals surface area contributed by atoms with Crippen molar-refractivity contribution in [1.29, 1.82) is 0 Å². The second kappa shape index (κ2) is 6.89. The van der Waals surface area contributed by atoms with Gasteiger partial charge in [0.05, 0.1) is 6.61 Å². The van der Waals surface area contributed by atoms with Crippen LogP contribution in [0, 0.1) is 5.92 Å². The van der Waals surface area contributed by atoms with Gasteiger partial charge in [-0.1, -0.05) is 13.8 Å². The van der Waals surface area contributed by atoms with Crippen LogP contribution in [-0.2, 0) is 4.74 Å². The minimum absolute atomic E-state index is 0.409. The molecule has 0 spiro atoms. The maximum absolute atomic E-state index is 5.74. The van der Waals surface area contributed by atoms with Crippen LogP contribution in [0.25, 0.3) is 0 Å². The van der Waals surface area contributed by atoms with Crippen molar-refractivity contribution in [3.05, 3.63) is 0 Å². The van der Waals surface area contributed by atoms with E-state index in [1.807, 2.05) is 0 Å². The van der Waals surface area contributed by atoms with Gasteiger partial charge in [-0.15, -0.1) is 11.6 Å². The first-order chi connectivity index (χ1) is 5.22. The number of alkyl halides is 1. The molecule has 0 aromatic carbocycles. The van der Waals surface area contributed by atoms with Gasteiger partial charge in [-0.3, -0.25) is 0 Å². The molecule has 0 aliphatic heterocycles. The average molecular weight is 180 g/mol. The van der Waals surface area contributed by atoms with Crippen molar-refractivity contribution >= 4 is 11.6 Å². The standard InChI is InChI=1S/C8H18ClNO/c1-7(2)8(6-9)10-4-5-11-3/h7-8,10H,4-6H2,1-3H3. The Bertz CT molecular complexity index is 88.2. The van der Waals surface area contributed by atoms with E-state index in [1.165, 1.54) is 0 Å². The molecule has 3 heteroatoms. The molecule has 1 atom stereocenters. The molecule has 2 nitrogen and oxygen atoms in total. The van der Waals surface area contributed by atoms with E-state index in [0.29, 0.717) is 17.8 Å². The predicted molar refractivity (Wildman–Crippen MR) is 49.2 cm³/mol. The highest BCUT2D eigenvalue weighted by Crippen LogP contribution is 2.02. The van der Waals surface area contributed by atoms with E-state index in [0.717, 1.165) is 13.2 Å². The number of methoxy groups -OCH3 is 1. The van der Waals surface area contributed by atoms with Gasteiger partial charge < -0.3 is 10.1 Å². The zero-order valence-corrected chi connectivity index (χ0v) is 8.32. The Balaban J connectivity index is 3.36. The van der Waals surface area contributed by atoms with E-state index in [1.54, 1.807) is 7.11 Å². The van der Waals surface area contributed by atoms with E-state index in [9.17, 15) is 0 Å². The first-order valence-corrected chi connectivity index (χ1v) is 4.54. The Morgan fingerprint density at radius 3 is 2.45 bits per heavy atom. The molecule has 0 amide bonds. The Hall–Kier alpha value is 0.210. The third-order valence-corrected chi connectivity index (χ3v) is 2.02. The SMILES string of the molecule is COCCNC(CCl)C(C)C. The summed E-state index contributed by atoms with van der Waals surface area (Å²) in [6.45, 7) is 5.95. The molecule has 0 aliphatic rings. The second-order valence-corrected chi connectivity index (χ2v) is 3.26. The lowest BCUT2D eigenvalue weighted by Gasteiger charge is -2.19. The summed E-state index contributed by atoms with van der Waals surface area (Å²) in [7, 11) is 1.70. The highest BCUT2D eigenvalue weighted by atomic mass is 35.5. The van der Waals surface area contributed by atoms with Crippen molar-refractivity contribution in [3.8, 4) is 0 Å². The molecule has 0 fully saturated rings. The van der Waals surface area contributed by atoms with Gasteiger partial charge in [0.2, 0.25) is 0 Å². The van der Waals surface area contributed by atoms with Crippen LogP contribution in [-0.4, -0.2) is 32.2 Å². The van der Waals surface area contributed by atoms with E-state index in [-0.39, 0.29) is 0 Å². The first-order valence-electron chi connectivity index (χ1n) is 4.00. The maximum Gasteiger partial charge on any atom is 0.0587 e. The average Bonchev–Trinajstić information content (AvgIpc) is 1.97. The zero-order valence-electron chi connectivity index (χ0n) is 7.56. The van der Waals surface area contributed by atoms with Crippen molar-refractivity contribution in [1.82, 2.24) is 5.32 Å². The molecule has 1 unspecified atom stereocenters. The monoisotopic (exact) mass is 179 g/mol. The Morgan fingerprint density at radius 1 is 1.45 bits per heavy atom. The molecular formula is C8H18ClNO. The van der Waals surface area contributed by atoms with Crippen LogP contribution in [0.5, 0.6) is 0 Å². The van der Waals surface area contributed by atoms with Gasteiger partial charge in [-0.05, 0) is 5.92 Å². The summed E-state index contributed by atoms with van der Waals surface area (Å²) >= 11 is 5.74. The van der Waals surface area contributed by atoms with Crippen LogP contribution < -0.4 is 5.32 Å². The fourth-order valence-corrected chi connectivity index (χ4v) is 1.28. The normalized spacial score (nSPS) is 13.9. The molecule has 1 N–H and O–H groups in total. The number of hydrogen-bond donors (Lipinski definition) is 1. The van der Waals surface area contributed by atoms with Crippen LogP contribution in [0.15, 0.2) is 0 Å². The van der Waals surface area contributed by atoms with Crippen molar-refractivity contribution in [2.45, 2.75) is 19.9 Å². The van der Waals surface area contributed by atoms with Gasteiger partial charge in [-0.25, -0.2) is 0 Å². The lowest BCUT2D eigenvalue weighted by Crippen LogP contribution is -2.37. The van der Waals surface area contributed by atoms with Gasteiger partial charge in [0.25, 0.3) is 0 Å². The summed E-state index contributed by atoms with van der Waals surface area (Å²) in [4.78, 5) is 0. The van der Waals surface area contributed by atoms with Crippen molar-refractivity contribution in [2.24, 2.45) is 5.92 Å². The molecule has 11 heavy (non-hydrogen) atoms. The molecule has 68 valence electrons. The molecule has 0 aromatic heterocycles. The van der Waals surface area contributed by atoms with Gasteiger partial charge in [-0.2, -0.15) is 0 Å². The van der Waals surface area contributed by atoms with Gasteiger partial charge >= 0.3 is 0 Å². The number of ether oxygens (including phenoxy) is 1. The third-order valence-electron chi connectivity index (χ3n) is 1.68. The van der Waals surface area contributed by atoms with Gasteiger partial charge in [0.1, 0.15) is 0 Å². The first kappa shape index (κ1) is 11.2. The summed E-state index contributed by atoms with van der Waals surface area (Å²) < 4.78 is 4.91. The topological polar surface area (TPSA) is 21.3 Å². The molecule has 0 radical (unpaired) electrons. The van der Waals surface area contributed by atoms with Crippen molar-refractivity contribution < 1.29 is 4.74 Å². The summed E-state index contributed by atoms with van der Waals surface area (Å²) in [5, 5.41) is 3.31. The highest BCUT2D eigenvalue weighted by Gasteiger charge is 2.09. The van der Waals surface area contributed by atoms with E-state index >= 15 is 0 Å². The van der Waals surface area contributed by atoms with Crippen LogP contribution in [0.4, 0.5) is 0 Å². The van der Waals surface area contributed by atoms with Crippen LogP contribution >= 0.6 is 11.6 Å². The predicted octanol–water partition coefficient (Wildman–Crippen LogP) is 1.49. The lowest BCUT2D eigenvalue weighted by atomic mass is 10.1. The van der Waals surface area contributed by atoms with Crippen molar-refractivity contribution in [2.75, 3.05) is 26.1 Å². The zero-order chi connectivity index (χ0) is 8.69. The Labute approximate surface area is 74.3 Å². The molecule has 0 saturated heterocycles. The summed E-state index contributed by atoms with van der Waals surface area (Å²) in [5.41, 5.74) is 0. The number of nitrogens with one attached hydrogen (secondary N) is 1. The Kier molecular flexibility index (Phi) is 7.02. The largest absolute Gasteiger partial charge is 0.383 e. The fourth-order valence-electron chi connectivity index (χ4n) is 0.815. The van der Waals surface area contributed by atoms with E-state index < -0.39 is 0 Å². The molecule has 0 saturated carbocycles. The van der Waals surface area contributed by atoms with Crippen LogP contribution in [0.1, 0.15) is 13.8 Å². The Morgan fingerprint density at radius 2 is 2.09 bits per heavy atom. The molecular weight excluding hydrogens is 162 g/mol. The quantitative estimate of drug-likeness (QED) is 0.493. The van der Waals surface area contributed by atoms with E-state index in [4.69, 9.17) is 16.3 Å². The fraction of sp³-hybridized carbons (Fsp3) is 1.00. The number of rotatable bonds is 6. The highest BCUT2D eigenvalue weighted by molar-refractivity contribution is 6.18. The molecule has 0 rings (SSSR count). The van der Waals surface area contributed by atoms with Gasteiger partial charge in [0, 0.05) is 25.6 Å².